The largest absolute Gasteiger partial charge is 0.477 e. The second kappa shape index (κ2) is 5.46. The zero-order valence-electron chi connectivity index (χ0n) is 11.8. The highest BCUT2D eigenvalue weighted by Crippen LogP contribution is 2.32. The molecule has 20 heavy (non-hydrogen) atoms. The predicted molar refractivity (Wildman–Crippen MR) is 77.7 cm³/mol. The van der Waals surface area contributed by atoms with Crippen LogP contribution in [0.15, 0.2) is 10.3 Å². The number of carboxylic acid groups (broad SMARTS) is 1. The number of sulfonamides is 1. The summed E-state index contributed by atoms with van der Waals surface area (Å²) in [6, 6.07) is 1.46. The third kappa shape index (κ3) is 2.75. The van der Waals surface area contributed by atoms with Crippen molar-refractivity contribution < 1.29 is 18.3 Å². The molecule has 2 rings (SSSR count). The van der Waals surface area contributed by atoms with Crippen LogP contribution in [0, 0.1) is 18.8 Å². The van der Waals surface area contributed by atoms with Crippen molar-refractivity contribution in [3.05, 3.63) is 16.5 Å². The number of aryl methyl sites for hydroxylation is 1. The molecular formula is C13H19NO4S2. The van der Waals surface area contributed by atoms with E-state index in [-0.39, 0.29) is 9.09 Å². The molecule has 0 amide bonds. The number of carbonyl (C=O) groups is 1. The van der Waals surface area contributed by atoms with Gasteiger partial charge in [0.1, 0.15) is 9.09 Å². The predicted octanol–water partition coefficient (Wildman–Crippen LogP) is 2.42. The van der Waals surface area contributed by atoms with Crippen LogP contribution in [0.1, 0.15) is 35.5 Å². The molecule has 5 nitrogen and oxygen atoms in total. The minimum absolute atomic E-state index is 0.0991. The number of piperidine rings is 1. The molecule has 0 aliphatic carbocycles. The van der Waals surface area contributed by atoms with Crippen LogP contribution in [0.4, 0.5) is 0 Å². The monoisotopic (exact) mass is 317 g/mol. The fourth-order valence-electron chi connectivity index (χ4n) is 2.36. The molecule has 7 heteroatoms. The lowest BCUT2D eigenvalue weighted by atomic mass is 9.90. The topological polar surface area (TPSA) is 74.7 Å². The van der Waals surface area contributed by atoms with Gasteiger partial charge in [-0.3, -0.25) is 0 Å². The molecule has 2 atom stereocenters. The van der Waals surface area contributed by atoms with Crippen LogP contribution in [-0.4, -0.2) is 36.9 Å². The Kier molecular flexibility index (Phi) is 4.22. The maximum Gasteiger partial charge on any atom is 0.346 e. The van der Waals surface area contributed by atoms with Crippen molar-refractivity contribution in [2.45, 2.75) is 31.4 Å². The van der Waals surface area contributed by atoms with Gasteiger partial charge < -0.3 is 5.11 Å². The molecule has 1 aromatic heterocycles. The van der Waals surface area contributed by atoms with Gasteiger partial charge >= 0.3 is 5.97 Å². The highest BCUT2D eigenvalue weighted by molar-refractivity contribution is 7.91. The van der Waals surface area contributed by atoms with Crippen molar-refractivity contribution in [3.8, 4) is 0 Å². The van der Waals surface area contributed by atoms with E-state index in [2.05, 4.69) is 13.8 Å². The van der Waals surface area contributed by atoms with Gasteiger partial charge in [0.25, 0.3) is 10.0 Å². The molecular weight excluding hydrogens is 298 g/mol. The van der Waals surface area contributed by atoms with Crippen LogP contribution < -0.4 is 0 Å². The minimum atomic E-state index is -3.57. The summed E-state index contributed by atoms with van der Waals surface area (Å²) in [7, 11) is -3.57. The molecule has 1 N–H and O–H groups in total. The Morgan fingerprint density at radius 2 is 2.05 bits per heavy atom. The normalized spacial score (nSPS) is 24.8. The highest BCUT2D eigenvalue weighted by Gasteiger charge is 2.33. The second-order valence-corrected chi connectivity index (χ2v) is 8.71. The Bertz CT molecular complexity index is 620. The molecule has 1 aromatic rings. The summed E-state index contributed by atoms with van der Waals surface area (Å²) in [5, 5.41) is 9.03. The van der Waals surface area contributed by atoms with Gasteiger partial charge in [-0.25, -0.2) is 13.2 Å². The first-order valence-electron chi connectivity index (χ1n) is 6.57. The number of aromatic carboxylic acids is 1. The molecule has 1 fully saturated rings. The van der Waals surface area contributed by atoms with Gasteiger partial charge in [-0.1, -0.05) is 13.8 Å². The molecule has 1 aliphatic heterocycles. The number of rotatable bonds is 3. The van der Waals surface area contributed by atoms with Crippen molar-refractivity contribution in [2.75, 3.05) is 13.1 Å². The van der Waals surface area contributed by atoms with Gasteiger partial charge in [0.05, 0.1) is 0 Å². The van der Waals surface area contributed by atoms with Gasteiger partial charge in [-0.2, -0.15) is 4.31 Å². The maximum absolute atomic E-state index is 12.6. The summed E-state index contributed by atoms with van der Waals surface area (Å²) in [5.74, 6) is -0.241. The molecule has 0 radical (unpaired) electrons. The van der Waals surface area contributed by atoms with Gasteiger partial charge in [0.15, 0.2) is 0 Å². The molecule has 0 aromatic carbocycles. The summed E-state index contributed by atoms with van der Waals surface area (Å²) >= 11 is 0.841. The van der Waals surface area contributed by atoms with Crippen molar-refractivity contribution in [3.63, 3.8) is 0 Å². The smallest absolute Gasteiger partial charge is 0.346 e. The van der Waals surface area contributed by atoms with Crippen LogP contribution in [0.2, 0.25) is 0 Å². The maximum atomic E-state index is 12.6. The molecule has 0 spiro atoms. The van der Waals surface area contributed by atoms with Gasteiger partial charge in [-0.15, -0.1) is 11.3 Å². The number of nitrogens with zero attached hydrogens (tertiary/aromatic N) is 1. The van der Waals surface area contributed by atoms with E-state index in [1.807, 2.05) is 0 Å². The molecule has 0 saturated carbocycles. The van der Waals surface area contributed by atoms with Crippen molar-refractivity contribution >= 4 is 27.3 Å². The number of carboxylic acids is 1. The van der Waals surface area contributed by atoms with Crippen LogP contribution in [0.5, 0.6) is 0 Å². The van der Waals surface area contributed by atoms with Crippen molar-refractivity contribution in [1.82, 2.24) is 4.31 Å². The lowest BCUT2D eigenvalue weighted by molar-refractivity contribution is 0.0701. The molecule has 0 bridgehead atoms. The Morgan fingerprint density at radius 1 is 1.40 bits per heavy atom. The second-order valence-electron chi connectivity index (χ2n) is 5.49. The molecule has 2 unspecified atom stereocenters. The van der Waals surface area contributed by atoms with Crippen LogP contribution in [-0.2, 0) is 10.0 Å². The first-order valence-corrected chi connectivity index (χ1v) is 8.83. The Balaban J connectivity index is 2.31. The fourth-order valence-corrected chi connectivity index (χ4v) is 5.45. The number of thiophene rings is 1. The summed E-state index contributed by atoms with van der Waals surface area (Å²) in [6.07, 6.45) is 0.844. The lowest BCUT2D eigenvalue weighted by Gasteiger charge is -2.34. The van der Waals surface area contributed by atoms with Crippen molar-refractivity contribution in [2.24, 2.45) is 11.8 Å². The lowest BCUT2D eigenvalue weighted by Crippen LogP contribution is -2.41. The zero-order valence-corrected chi connectivity index (χ0v) is 13.4. The third-order valence-electron chi connectivity index (χ3n) is 3.98. The zero-order chi connectivity index (χ0) is 15.1. The average Bonchev–Trinajstić information content (AvgIpc) is 2.75. The van der Waals surface area contributed by atoms with E-state index in [1.165, 1.54) is 10.4 Å². The van der Waals surface area contributed by atoms with E-state index in [0.717, 1.165) is 17.8 Å². The van der Waals surface area contributed by atoms with Crippen LogP contribution in [0.3, 0.4) is 0 Å². The summed E-state index contributed by atoms with van der Waals surface area (Å²) in [6.45, 7) is 6.82. The van der Waals surface area contributed by atoms with Gasteiger partial charge in [0.2, 0.25) is 0 Å². The van der Waals surface area contributed by atoms with Gasteiger partial charge in [0, 0.05) is 13.1 Å². The summed E-state index contributed by atoms with van der Waals surface area (Å²) in [5.41, 5.74) is 0.500. The Morgan fingerprint density at radius 3 is 2.55 bits per heavy atom. The van der Waals surface area contributed by atoms with Crippen molar-refractivity contribution in [1.29, 1.82) is 0 Å². The van der Waals surface area contributed by atoms with E-state index in [1.54, 1.807) is 6.92 Å². The van der Waals surface area contributed by atoms with E-state index in [0.29, 0.717) is 30.5 Å². The molecule has 1 aliphatic rings. The standard InChI is InChI=1S/C13H19NO4S2/c1-8-4-5-14(7-10(8)3)20(17,18)11-6-9(2)12(19-11)13(15)16/h6,8,10H,4-5,7H2,1-3H3,(H,15,16). The minimum Gasteiger partial charge on any atom is -0.477 e. The number of hydrogen-bond acceptors (Lipinski definition) is 4. The first kappa shape index (κ1) is 15.5. The van der Waals surface area contributed by atoms with E-state index in [4.69, 9.17) is 5.11 Å². The summed E-state index contributed by atoms with van der Waals surface area (Å²) < 4.78 is 26.8. The average molecular weight is 317 g/mol. The van der Waals surface area contributed by atoms with E-state index < -0.39 is 16.0 Å². The SMILES string of the molecule is Cc1cc(S(=O)(=O)N2CCC(C)C(C)C2)sc1C(=O)O. The molecule has 2 heterocycles. The first-order chi connectivity index (χ1) is 9.23. The Labute approximate surface area is 123 Å². The summed E-state index contributed by atoms with van der Waals surface area (Å²) in [4.78, 5) is 11.1. The highest BCUT2D eigenvalue weighted by atomic mass is 32.2. The number of hydrogen-bond donors (Lipinski definition) is 1. The fraction of sp³-hybridized carbons (Fsp3) is 0.615. The molecule has 112 valence electrons. The van der Waals surface area contributed by atoms with Crippen LogP contribution in [0.25, 0.3) is 0 Å². The Hall–Kier alpha value is -0.920. The van der Waals surface area contributed by atoms with E-state index >= 15 is 0 Å². The molecule has 1 saturated heterocycles. The van der Waals surface area contributed by atoms with E-state index in [9.17, 15) is 13.2 Å². The van der Waals surface area contributed by atoms with Gasteiger partial charge in [-0.05, 0) is 36.8 Å². The van der Waals surface area contributed by atoms with Crippen LogP contribution >= 0.6 is 11.3 Å². The third-order valence-corrected chi connectivity index (χ3v) is 7.52. The quantitative estimate of drug-likeness (QED) is 0.929.